The van der Waals surface area contributed by atoms with Crippen LogP contribution in [0.5, 0.6) is 5.75 Å². The zero-order chi connectivity index (χ0) is 11.0. The van der Waals surface area contributed by atoms with E-state index in [1.807, 2.05) is 19.9 Å². The van der Waals surface area contributed by atoms with Gasteiger partial charge in [-0.25, -0.2) is 0 Å². The first-order valence-corrected chi connectivity index (χ1v) is 7.40. The van der Waals surface area contributed by atoms with E-state index in [1.54, 1.807) is 0 Å². The average Bonchev–Trinajstić information content (AvgIpc) is 2.23. The van der Waals surface area contributed by atoms with Gasteiger partial charge in [0.1, 0.15) is 5.75 Å². The third-order valence-electron chi connectivity index (χ3n) is 2.61. The van der Waals surface area contributed by atoms with Crippen LogP contribution in [0.4, 0.5) is 0 Å². The summed E-state index contributed by atoms with van der Waals surface area (Å²) in [7, 11) is 1.49. The molecule has 0 fully saturated rings. The molecule has 1 heterocycles. The molecule has 0 spiro atoms. The molecule has 4 heteroatoms. The zero-order valence-corrected chi connectivity index (χ0v) is 11.0. The molecular weight excluding hydrogens is 276 g/mol. The summed E-state index contributed by atoms with van der Waals surface area (Å²) in [4.78, 5) is 12.9. The second kappa shape index (κ2) is 4.18. The van der Waals surface area contributed by atoms with Gasteiger partial charge in [0.05, 0.1) is 12.2 Å². The van der Waals surface area contributed by atoms with Crippen LogP contribution in [0.15, 0.2) is 11.0 Å². The molecule has 1 aliphatic rings. The maximum Gasteiger partial charge on any atom is 0.170 e. The standard InChI is InChI=1S/C11H11BrO2S/c1-6-5-9(15-12)7(2)10-8(13)3-4-14-11(6)10/h5H,3-4H2,1-2H3. The smallest absolute Gasteiger partial charge is 0.170 e. The van der Waals surface area contributed by atoms with E-state index >= 15 is 0 Å². The molecule has 0 saturated carbocycles. The summed E-state index contributed by atoms with van der Waals surface area (Å²) in [5, 5.41) is 0. The lowest BCUT2D eigenvalue weighted by Crippen LogP contribution is -2.18. The van der Waals surface area contributed by atoms with Crippen molar-refractivity contribution in [3.05, 3.63) is 22.8 Å². The summed E-state index contributed by atoms with van der Waals surface area (Å²) in [5.74, 6) is 0.967. The Hall–Kier alpha value is -0.480. The third-order valence-corrected chi connectivity index (χ3v) is 4.25. The SMILES string of the molecule is Cc1cc(SBr)c(C)c2c1OCCC2=O. The van der Waals surface area contributed by atoms with Crippen LogP contribution in [0.2, 0.25) is 0 Å². The highest BCUT2D eigenvalue weighted by Gasteiger charge is 2.24. The fraction of sp³-hybridized carbons (Fsp3) is 0.364. The molecule has 0 aliphatic carbocycles. The maximum absolute atomic E-state index is 11.8. The Bertz CT molecular complexity index is 429. The molecule has 0 radical (unpaired) electrons. The van der Waals surface area contributed by atoms with Crippen molar-refractivity contribution in [2.75, 3.05) is 6.61 Å². The van der Waals surface area contributed by atoms with E-state index in [0.717, 1.165) is 27.3 Å². The van der Waals surface area contributed by atoms with E-state index in [2.05, 4.69) is 14.8 Å². The van der Waals surface area contributed by atoms with Crippen LogP contribution in [-0.4, -0.2) is 12.4 Å². The molecule has 0 atom stereocenters. The molecule has 0 bridgehead atoms. The Balaban J connectivity index is 2.69. The molecule has 2 nitrogen and oxygen atoms in total. The molecule has 0 unspecified atom stereocenters. The van der Waals surface area contributed by atoms with Crippen molar-refractivity contribution in [2.24, 2.45) is 0 Å². The van der Waals surface area contributed by atoms with Crippen LogP contribution in [-0.2, 0) is 0 Å². The van der Waals surface area contributed by atoms with Gasteiger partial charge in [-0.05, 0) is 56.0 Å². The Morgan fingerprint density at radius 3 is 2.87 bits per heavy atom. The molecule has 80 valence electrons. The van der Waals surface area contributed by atoms with Crippen LogP contribution >= 0.6 is 25.0 Å². The molecule has 0 aromatic heterocycles. The average molecular weight is 287 g/mol. The first kappa shape index (κ1) is 11.0. The number of ketones is 1. The number of rotatable bonds is 1. The van der Waals surface area contributed by atoms with E-state index in [-0.39, 0.29) is 5.78 Å². The van der Waals surface area contributed by atoms with Gasteiger partial charge < -0.3 is 4.74 Å². The first-order valence-electron chi connectivity index (χ1n) is 4.74. The van der Waals surface area contributed by atoms with E-state index in [9.17, 15) is 4.79 Å². The minimum atomic E-state index is 0.195. The van der Waals surface area contributed by atoms with Crippen LogP contribution in [0.25, 0.3) is 0 Å². The second-order valence-corrected chi connectivity index (χ2v) is 5.18. The Labute approximate surface area is 101 Å². The fourth-order valence-electron chi connectivity index (χ4n) is 1.83. The van der Waals surface area contributed by atoms with Gasteiger partial charge >= 0.3 is 0 Å². The van der Waals surface area contributed by atoms with Crippen molar-refractivity contribution in [2.45, 2.75) is 25.2 Å². The van der Waals surface area contributed by atoms with Crippen molar-refractivity contribution < 1.29 is 9.53 Å². The molecule has 0 N–H and O–H groups in total. The zero-order valence-electron chi connectivity index (χ0n) is 8.59. The van der Waals surface area contributed by atoms with Crippen molar-refractivity contribution >= 4 is 30.8 Å². The van der Waals surface area contributed by atoms with Crippen molar-refractivity contribution in [3.63, 3.8) is 0 Å². The molecule has 1 aromatic carbocycles. The summed E-state index contributed by atoms with van der Waals surface area (Å²) < 4.78 is 5.56. The van der Waals surface area contributed by atoms with E-state index in [0.29, 0.717) is 13.0 Å². The van der Waals surface area contributed by atoms with Gasteiger partial charge in [0.15, 0.2) is 5.78 Å². The van der Waals surface area contributed by atoms with E-state index in [1.165, 1.54) is 10.2 Å². The minimum Gasteiger partial charge on any atom is -0.492 e. The summed E-state index contributed by atoms with van der Waals surface area (Å²) in [6.45, 7) is 4.45. The summed E-state index contributed by atoms with van der Waals surface area (Å²) >= 11 is 3.35. The molecule has 2 rings (SSSR count). The fourth-order valence-corrected chi connectivity index (χ4v) is 3.28. The predicted octanol–water partition coefficient (Wildman–Crippen LogP) is 3.67. The van der Waals surface area contributed by atoms with Gasteiger partial charge in [-0.3, -0.25) is 4.79 Å². The number of hydrogen-bond donors (Lipinski definition) is 0. The summed E-state index contributed by atoms with van der Waals surface area (Å²) in [6, 6.07) is 2.05. The molecule has 1 aromatic rings. The number of carbonyl (C=O) groups excluding carboxylic acids is 1. The highest BCUT2D eigenvalue weighted by atomic mass is 79.9. The van der Waals surface area contributed by atoms with Gasteiger partial charge in [-0.15, -0.1) is 0 Å². The van der Waals surface area contributed by atoms with Crippen LogP contribution in [0.1, 0.15) is 27.9 Å². The molecule has 0 saturated heterocycles. The molecule has 15 heavy (non-hydrogen) atoms. The third kappa shape index (κ3) is 1.81. The number of aryl methyl sites for hydroxylation is 1. The van der Waals surface area contributed by atoms with Gasteiger partial charge in [0, 0.05) is 11.3 Å². The van der Waals surface area contributed by atoms with Gasteiger partial charge in [-0.2, -0.15) is 0 Å². The Morgan fingerprint density at radius 1 is 1.47 bits per heavy atom. The lowest BCUT2D eigenvalue weighted by atomic mass is 9.97. The highest BCUT2D eigenvalue weighted by molar-refractivity contribution is 9.50. The predicted molar refractivity (Wildman–Crippen MR) is 65.1 cm³/mol. The van der Waals surface area contributed by atoms with Crippen LogP contribution in [0.3, 0.4) is 0 Å². The van der Waals surface area contributed by atoms with Gasteiger partial charge in [0.2, 0.25) is 0 Å². The number of fused-ring (bicyclic) bond motifs is 1. The molecule has 1 aliphatic heterocycles. The second-order valence-electron chi connectivity index (χ2n) is 3.62. The van der Waals surface area contributed by atoms with Crippen molar-refractivity contribution in [3.8, 4) is 5.75 Å². The molecular formula is C11H11BrO2S. The number of Topliss-reactive ketones (excluding diaryl/α,β-unsaturated/α-hetero) is 1. The number of hydrogen-bond acceptors (Lipinski definition) is 3. The Morgan fingerprint density at radius 2 is 2.20 bits per heavy atom. The number of halogens is 1. The number of benzene rings is 1. The first-order chi connectivity index (χ1) is 7.15. The normalized spacial score (nSPS) is 14.7. The Kier molecular flexibility index (Phi) is 3.07. The van der Waals surface area contributed by atoms with Crippen molar-refractivity contribution in [1.82, 2.24) is 0 Å². The van der Waals surface area contributed by atoms with Crippen LogP contribution in [0, 0.1) is 13.8 Å². The monoisotopic (exact) mass is 286 g/mol. The highest BCUT2D eigenvalue weighted by Crippen LogP contribution is 2.38. The van der Waals surface area contributed by atoms with E-state index < -0.39 is 0 Å². The summed E-state index contributed by atoms with van der Waals surface area (Å²) in [6.07, 6.45) is 0.490. The lowest BCUT2D eigenvalue weighted by Gasteiger charge is -2.21. The quantitative estimate of drug-likeness (QED) is 0.788. The molecule has 0 amide bonds. The maximum atomic E-state index is 11.8. The van der Waals surface area contributed by atoms with Gasteiger partial charge in [-0.1, -0.05) is 0 Å². The number of ether oxygens (including phenoxy) is 1. The number of carbonyl (C=O) groups is 1. The lowest BCUT2D eigenvalue weighted by molar-refractivity contribution is 0.0931. The topological polar surface area (TPSA) is 26.3 Å². The minimum absolute atomic E-state index is 0.195. The van der Waals surface area contributed by atoms with E-state index in [4.69, 9.17) is 4.74 Å². The van der Waals surface area contributed by atoms with Crippen molar-refractivity contribution in [1.29, 1.82) is 0 Å². The summed E-state index contributed by atoms with van der Waals surface area (Å²) in [5.41, 5.74) is 2.82. The largest absolute Gasteiger partial charge is 0.492 e. The van der Waals surface area contributed by atoms with Crippen LogP contribution < -0.4 is 4.74 Å². The van der Waals surface area contributed by atoms with Gasteiger partial charge in [0.25, 0.3) is 0 Å².